The molecule has 0 bridgehead atoms. The SMILES string of the molecule is CN1CC2(CCN(c3ccc(Nc4ncc5cnn(-c6cccc(N=S(C)(C)=O)n6)c5n4)cc3)CC2)C1. The van der Waals surface area contributed by atoms with Gasteiger partial charge >= 0.3 is 0 Å². The van der Waals surface area contributed by atoms with E-state index in [1.165, 1.54) is 31.6 Å². The molecule has 37 heavy (non-hydrogen) atoms. The zero-order chi connectivity index (χ0) is 25.6. The molecule has 0 unspecified atom stereocenters. The molecule has 0 radical (unpaired) electrons. The van der Waals surface area contributed by atoms with Crippen LogP contribution in [0.15, 0.2) is 59.2 Å². The summed E-state index contributed by atoms with van der Waals surface area (Å²) in [4.78, 5) is 18.6. The van der Waals surface area contributed by atoms with Gasteiger partial charge in [0.2, 0.25) is 5.95 Å². The average molecular weight is 518 g/mol. The van der Waals surface area contributed by atoms with Crippen molar-refractivity contribution in [1.82, 2.24) is 29.6 Å². The van der Waals surface area contributed by atoms with Crippen LogP contribution < -0.4 is 10.2 Å². The number of aromatic nitrogens is 5. The Hall–Kier alpha value is -3.57. The summed E-state index contributed by atoms with van der Waals surface area (Å²) < 4.78 is 17.9. The number of benzene rings is 1. The Kier molecular flexibility index (Phi) is 5.84. The van der Waals surface area contributed by atoms with Gasteiger partial charge in [0, 0.05) is 66.0 Å². The summed E-state index contributed by atoms with van der Waals surface area (Å²) in [6.45, 7) is 4.70. The molecule has 192 valence electrons. The van der Waals surface area contributed by atoms with Gasteiger partial charge in [-0.3, -0.25) is 0 Å². The highest BCUT2D eigenvalue weighted by Gasteiger charge is 2.43. The van der Waals surface area contributed by atoms with Crippen LogP contribution in [0.5, 0.6) is 0 Å². The van der Waals surface area contributed by atoms with E-state index in [2.05, 4.69) is 65.9 Å². The normalized spacial score (nSPS) is 17.6. The maximum atomic E-state index is 12.1. The first-order valence-electron chi connectivity index (χ1n) is 12.4. The quantitative estimate of drug-likeness (QED) is 0.426. The van der Waals surface area contributed by atoms with Gasteiger partial charge in [-0.25, -0.2) is 14.2 Å². The van der Waals surface area contributed by atoms with E-state index in [0.717, 1.165) is 24.2 Å². The smallest absolute Gasteiger partial charge is 0.229 e. The number of pyridine rings is 1. The number of likely N-dealkylation sites (tertiary alicyclic amines) is 1. The van der Waals surface area contributed by atoms with Gasteiger partial charge in [0.25, 0.3) is 0 Å². The van der Waals surface area contributed by atoms with Crippen molar-refractivity contribution in [1.29, 1.82) is 0 Å². The standard InChI is InChI=1S/C26H31N9OS/c1-33-17-26(18-33)11-13-34(14-12-26)21-9-7-20(8-10-21)29-25-27-15-19-16-28-35(24(19)31-25)23-6-4-5-22(30-23)32-37(2,3)36/h4-10,15-16H,11-14,17-18H2,1-3H3,(H,27,29,31). The fraction of sp³-hybridized carbons (Fsp3) is 0.385. The minimum atomic E-state index is -2.32. The van der Waals surface area contributed by atoms with Crippen LogP contribution in [0.3, 0.4) is 0 Å². The summed E-state index contributed by atoms with van der Waals surface area (Å²) in [5.74, 6) is 1.42. The van der Waals surface area contributed by atoms with Crippen LogP contribution in [0.2, 0.25) is 0 Å². The van der Waals surface area contributed by atoms with Gasteiger partial charge in [0.15, 0.2) is 17.3 Å². The highest BCUT2D eigenvalue weighted by Crippen LogP contribution is 2.40. The third-order valence-corrected chi connectivity index (χ3v) is 7.71. The van der Waals surface area contributed by atoms with E-state index >= 15 is 0 Å². The Morgan fingerprint density at radius 3 is 2.46 bits per heavy atom. The van der Waals surface area contributed by atoms with Crippen molar-refractivity contribution in [3.8, 4) is 5.82 Å². The second kappa shape index (κ2) is 9.07. The van der Waals surface area contributed by atoms with Crippen LogP contribution in [-0.2, 0) is 9.73 Å². The van der Waals surface area contributed by atoms with Crippen LogP contribution in [0.1, 0.15) is 12.8 Å². The predicted octanol–water partition coefficient (Wildman–Crippen LogP) is 3.85. The van der Waals surface area contributed by atoms with Crippen molar-refractivity contribution in [2.75, 3.05) is 56.0 Å². The molecule has 3 aromatic heterocycles. The van der Waals surface area contributed by atoms with Crippen LogP contribution in [0, 0.1) is 5.41 Å². The molecule has 4 aromatic rings. The van der Waals surface area contributed by atoms with Gasteiger partial charge in [0.1, 0.15) is 0 Å². The molecule has 5 heterocycles. The lowest BCUT2D eigenvalue weighted by Crippen LogP contribution is -2.58. The van der Waals surface area contributed by atoms with E-state index in [0.29, 0.717) is 28.6 Å². The molecule has 0 aliphatic carbocycles. The average Bonchev–Trinajstić information content (AvgIpc) is 3.27. The lowest BCUT2D eigenvalue weighted by Gasteiger charge is -2.53. The molecule has 2 saturated heterocycles. The summed E-state index contributed by atoms with van der Waals surface area (Å²) in [7, 11) is -0.111. The molecule has 6 rings (SSSR count). The maximum absolute atomic E-state index is 12.1. The largest absolute Gasteiger partial charge is 0.371 e. The number of fused-ring (bicyclic) bond motifs is 1. The fourth-order valence-corrected chi connectivity index (χ4v) is 5.94. The summed E-state index contributed by atoms with van der Waals surface area (Å²) in [5.41, 5.74) is 3.34. The molecule has 2 aliphatic heterocycles. The number of hydrogen-bond acceptors (Lipinski definition) is 9. The van der Waals surface area contributed by atoms with Crippen molar-refractivity contribution in [3.63, 3.8) is 0 Å². The molecule has 0 atom stereocenters. The highest BCUT2D eigenvalue weighted by molar-refractivity contribution is 7.92. The van der Waals surface area contributed by atoms with E-state index in [1.807, 2.05) is 12.1 Å². The molecule has 10 nitrogen and oxygen atoms in total. The lowest BCUT2D eigenvalue weighted by molar-refractivity contribution is 0.00132. The van der Waals surface area contributed by atoms with Gasteiger partial charge in [0.05, 0.1) is 11.6 Å². The summed E-state index contributed by atoms with van der Waals surface area (Å²) in [5, 5.41) is 8.54. The first kappa shape index (κ1) is 23.8. The molecule has 2 fully saturated rings. The van der Waals surface area contributed by atoms with Gasteiger partial charge in [-0.05, 0) is 61.7 Å². The number of nitrogens with zero attached hydrogens (tertiary/aromatic N) is 8. The third-order valence-electron chi connectivity index (χ3n) is 7.08. The monoisotopic (exact) mass is 517 g/mol. The van der Waals surface area contributed by atoms with E-state index in [9.17, 15) is 4.21 Å². The van der Waals surface area contributed by atoms with Crippen LogP contribution in [0.4, 0.5) is 23.1 Å². The van der Waals surface area contributed by atoms with Gasteiger partial charge in [-0.2, -0.15) is 19.1 Å². The summed E-state index contributed by atoms with van der Waals surface area (Å²) in [6, 6.07) is 13.8. The van der Waals surface area contributed by atoms with Crippen LogP contribution >= 0.6 is 0 Å². The summed E-state index contributed by atoms with van der Waals surface area (Å²) >= 11 is 0. The first-order valence-corrected chi connectivity index (χ1v) is 14.7. The number of piperidine rings is 1. The number of anilines is 3. The number of rotatable bonds is 5. The minimum absolute atomic E-state index is 0.396. The number of hydrogen-bond donors (Lipinski definition) is 1. The van der Waals surface area contributed by atoms with Crippen molar-refractivity contribution >= 4 is 43.9 Å². The first-order chi connectivity index (χ1) is 17.8. The molecular formula is C26H31N9OS. The van der Waals surface area contributed by atoms with E-state index in [-0.39, 0.29) is 0 Å². The lowest BCUT2D eigenvalue weighted by atomic mass is 9.72. The van der Waals surface area contributed by atoms with Crippen LogP contribution in [-0.4, -0.2) is 79.6 Å². The highest BCUT2D eigenvalue weighted by atomic mass is 32.2. The Bertz CT molecular complexity index is 1550. The Morgan fingerprint density at radius 2 is 1.76 bits per heavy atom. The Morgan fingerprint density at radius 1 is 1.00 bits per heavy atom. The molecular weight excluding hydrogens is 486 g/mol. The molecule has 1 aromatic carbocycles. The van der Waals surface area contributed by atoms with Crippen LogP contribution in [0.25, 0.3) is 16.9 Å². The molecule has 11 heteroatoms. The van der Waals surface area contributed by atoms with Crippen molar-refractivity contribution in [2.24, 2.45) is 9.78 Å². The Balaban J connectivity index is 1.18. The predicted molar refractivity (Wildman–Crippen MR) is 148 cm³/mol. The molecule has 1 N–H and O–H groups in total. The van der Waals surface area contributed by atoms with Gasteiger partial charge < -0.3 is 15.1 Å². The number of nitrogens with one attached hydrogen (secondary N) is 1. The molecule has 1 spiro atoms. The molecule has 2 aliphatic rings. The second-order valence-corrected chi connectivity index (χ2v) is 13.0. The minimum Gasteiger partial charge on any atom is -0.371 e. The zero-order valence-corrected chi connectivity index (χ0v) is 22.1. The van der Waals surface area contributed by atoms with Crippen molar-refractivity contribution in [2.45, 2.75) is 12.8 Å². The molecule has 0 amide bonds. The third kappa shape index (κ3) is 5.01. The van der Waals surface area contributed by atoms with E-state index in [4.69, 9.17) is 4.98 Å². The second-order valence-electron chi connectivity index (χ2n) is 10.5. The van der Waals surface area contributed by atoms with E-state index in [1.54, 1.807) is 35.7 Å². The Labute approximate surface area is 216 Å². The van der Waals surface area contributed by atoms with Gasteiger partial charge in [-0.1, -0.05) is 6.07 Å². The zero-order valence-electron chi connectivity index (χ0n) is 21.3. The summed E-state index contributed by atoms with van der Waals surface area (Å²) in [6.07, 6.45) is 9.13. The van der Waals surface area contributed by atoms with Crippen molar-refractivity contribution < 1.29 is 4.21 Å². The molecule has 0 saturated carbocycles. The maximum Gasteiger partial charge on any atom is 0.229 e. The topological polar surface area (TPSA) is 104 Å². The van der Waals surface area contributed by atoms with Gasteiger partial charge in [-0.15, -0.1) is 0 Å². The fourth-order valence-electron chi connectivity index (χ4n) is 5.39. The van der Waals surface area contributed by atoms with E-state index < -0.39 is 9.73 Å². The van der Waals surface area contributed by atoms with Crippen molar-refractivity contribution in [3.05, 3.63) is 54.9 Å².